The summed E-state index contributed by atoms with van der Waals surface area (Å²) in [5.41, 5.74) is 1.61. The molecule has 1 saturated heterocycles. The Labute approximate surface area is 82.4 Å². The Bertz CT molecular complexity index is 349. The van der Waals surface area contributed by atoms with Crippen molar-refractivity contribution in [3.63, 3.8) is 0 Å². The molecule has 4 heteroatoms. The highest BCUT2D eigenvalue weighted by molar-refractivity contribution is 5.62. The Hall–Kier alpha value is -1.16. The van der Waals surface area contributed by atoms with E-state index in [2.05, 4.69) is 21.5 Å². The van der Waals surface area contributed by atoms with Crippen molar-refractivity contribution < 1.29 is 4.52 Å². The van der Waals surface area contributed by atoms with Gasteiger partial charge in [-0.3, -0.25) is 0 Å². The maximum Gasteiger partial charge on any atom is 0.253 e. The van der Waals surface area contributed by atoms with Gasteiger partial charge in [0, 0.05) is 17.5 Å². The van der Waals surface area contributed by atoms with Crippen molar-refractivity contribution >= 4 is 5.57 Å². The lowest BCUT2D eigenvalue weighted by atomic mass is 9.87. The zero-order valence-electron chi connectivity index (χ0n) is 7.99. The fourth-order valence-electron chi connectivity index (χ4n) is 2.48. The Kier molecular flexibility index (Phi) is 1.70. The van der Waals surface area contributed by atoms with Crippen LogP contribution < -0.4 is 5.32 Å². The van der Waals surface area contributed by atoms with Crippen LogP contribution in [0.4, 0.5) is 0 Å². The normalized spacial score (nSPS) is 31.3. The predicted molar refractivity (Wildman–Crippen MR) is 51.4 cm³/mol. The van der Waals surface area contributed by atoms with Crippen LogP contribution in [-0.2, 0) is 0 Å². The molecule has 3 rings (SSSR count). The fourth-order valence-corrected chi connectivity index (χ4v) is 2.48. The summed E-state index contributed by atoms with van der Waals surface area (Å²) in [6.07, 6.45) is 7.33. The second kappa shape index (κ2) is 2.92. The summed E-state index contributed by atoms with van der Waals surface area (Å²) in [5.74, 6) is 0.703. The SMILES string of the molecule is C1=C(c2ncno2)CCC12CCNC2. The maximum atomic E-state index is 5.07. The summed E-state index contributed by atoms with van der Waals surface area (Å²) in [7, 11) is 0. The third kappa shape index (κ3) is 1.18. The maximum absolute atomic E-state index is 5.07. The zero-order chi connectivity index (χ0) is 9.43. The number of aromatic nitrogens is 2. The first kappa shape index (κ1) is 8.17. The molecule has 1 unspecified atom stereocenters. The molecule has 1 aliphatic carbocycles. The van der Waals surface area contributed by atoms with Gasteiger partial charge in [-0.15, -0.1) is 0 Å². The smallest absolute Gasteiger partial charge is 0.253 e. The fraction of sp³-hybridized carbons (Fsp3) is 0.600. The van der Waals surface area contributed by atoms with Gasteiger partial charge in [0.25, 0.3) is 5.89 Å². The number of rotatable bonds is 1. The molecule has 2 heterocycles. The minimum absolute atomic E-state index is 0.379. The molecule has 0 radical (unpaired) electrons. The average Bonchev–Trinajstić information content (AvgIpc) is 2.91. The van der Waals surface area contributed by atoms with Crippen molar-refractivity contribution in [3.05, 3.63) is 18.3 Å². The molecule has 4 nitrogen and oxygen atoms in total. The molecule has 1 atom stereocenters. The monoisotopic (exact) mass is 191 g/mol. The molecule has 0 bridgehead atoms. The van der Waals surface area contributed by atoms with Crippen LogP contribution in [0.25, 0.3) is 5.57 Å². The predicted octanol–water partition coefficient (Wildman–Crippen LogP) is 1.23. The van der Waals surface area contributed by atoms with Crippen LogP contribution in [-0.4, -0.2) is 23.2 Å². The third-order valence-corrected chi connectivity index (χ3v) is 3.29. The second-order valence-corrected chi connectivity index (χ2v) is 4.21. The molecule has 2 aliphatic rings. The largest absolute Gasteiger partial charge is 0.335 e. The summed E-state index contributed by atoms with van der Waals surface area (Å²) < 4.78 is 5.07. The number of allylic oxidation sites excluding steroid dienone is 1. The second-order valence-electron chi connectivity index (χ2n) is 4.21. The van der Waals surface area contributed by atoms with Gasteiger partial charge in [-0.2, -0.15) is 4.98 Å². The molecule has 0 saturated carbocycles. The van der Waals surface area contributed by atoms with Gasteiger partial charge >= 0.3 is 0 Å². The molecule has 0 aromatic carbocycles. The molecule has 1 N–H and O–H groups in total. The quantitative estimate of drug-likeness (QED) is 0.725. The number of hydrogen-bond acceptors (Lipinski definition) is 4. The summed E-state index contributed by atoms with van der Waals surface area (Å²) in [4.78, 5) is 4.09. The van der Waals surface area contributed by atoms with E-state index in [1.54, 1.807) is 0 Å². The van der Waals surface area contributed by atoms with Crippen molar-refractivity contribution in [1.29, 1.82) is 0 Å². The van der Waals surface area contributed by atoms with E-state index in [-0.39, 0.29) is 0 Å². The van der Waals surface area contributed by atoms with Crippen LogP contribution in [0, 0.1) is 5.41 Å². The molecule has 14 heavy (non-hydrogen) atoms. The highest BCUT2D eigenvalue weighted by atomic mass is 16.5. The molecule has 1 fully saturated rings. The summed E-state index contributed by atoms with van der Waals surface area (Å²) >= 11 is 0. The Morgan fingerprint density at radius 2 is 2.43 bits per heavy atom. The van der Waals surface area contributed by atoms with Crippen molar-refractivity contribution in [2.75, 3.05) is 13.1 Å². The standard InChI is InChI=1S/C10H13N3O/c1-2-10(3-4-11-6-10)5-8(1)9-12-7-13-14-9/h5,7,11H,1-4,6H2. The number of nitrogens with zero attached hydrogens (tertiary/aromatic N) is 2. The summed E-state index contributed by atoms with van der Waals surface area (Å²) in [6, 6.07) is 0. The van der Waals surface area contributed by atoms with E-state index in [9.17, 15) is 0 Å². The molecule has 74 valence electrons. The van der Waals surface area contributed by atoms with E-state index < -0.39 is 0 Å². The first-order chi connectivity index (χ1) is 6.88. The van der Waals surface area contributed by atoms with E-state index in [4.69, 9.17) is 4.52 Å². The minimum Gasteiger partial charge on any atom is -0.335 e. The Balaban J connectivity index is 1.90. The van der Waals surface area contributed by atoms with Gasteiger partial charge in [0.1, 0.15) is 0 Å². The van der Waals surface area contributed by atoms with Gasteiger partial charge in [-0.1, -0.05) is 11.2 Å². The molecule has 1 aliphatic heterocycles. The third-order valence-electron chi connectivity index (χ3n) is 3.29. The lowest BCUT2D eigenvalue weighted by Gasteiger charge is -2.17. The Morgan fingerprint density at radius 1 is 1.43 bits per heavy atom. The van der Waals surface area contributed by atoms with Crippen molar-refractivity contribution in [1.82, 2.24) is 15.5 Å². The molecule has 1 aromatic heterocycles. The lowest BCUT2D eigenvalue weighted by molar-refractivity contribution is 0.404. The van der Waals surface area contributed by atoms with Crippen LogP contribution in [0.2, 0.25) is 0 Å². The van der Waals surface area contributed by atoms with Crippen molar-refractivity contribution in [2.24, 2.45) is 5.41 Å². The van der Waals surface area contributed by atoms with E-state index in [1.165, 1.54) is 24.7 Å². The van der Waals surface area contributed by atoms with Crippen LogP contribution in [0.3, 0.4) is 0 Å². The average molecular weight is 191 g/mol. The van der Waals surface area contributed by atoms with Gasteiger partial charge in [-0.05, 0) is 25.8 Å². The topological polar surface area (TPSA) is 51.0 Å². The zero-order valence-corrected chi connectivity index (χ0v) is 7.99. The van der Waals surface area contributed by atoms with Crippen LogP contribution in [0.1, 0.15) is 25.2 Å². The first-order valence-electron chi connectivity index (χ1n) is 5.08. The van der Waals surface area contributed by atoms with Gasteiger partial charge < -0.3 is 9.84 Å². The van der Waals surface area contributed by atoms with E-state index in [0.29, 0.717) is 11.3 Å². The minimum atomic E-state index is 0.379. The van der Waals surface area contributed by atoms with Crippen molar-refractivity contribution in [2.45, 2.75) is 19.3 Å². The van der Waals surface area contributed by atoms with Gasteiger partial charge in [0.05, 0.1) is 0 Å². The molecule has 1 aromatic rings. The molecule has 0 amide bonds. The first-order valence-corrected chi connectivity index (χ1v) is 5.08. The highest BCUT2D eigenvalue weighted by Gasteiger charge is 2.36. The van der Waals surface area contributed by atoms with Gasteiger partial charge in [-0.25, -0.2) is 0 Å². The van der Waals surface area contributed by atoms with E-state index >= 15 is 0 Å². The molecular weight excluding hydrogens is 178 g/mol. The number of hydrogen-bond donors (Lipinski definition) is 1. The van der Waals surface area contributed by atoms with Gasteiger partial charge in [0.2, 0.25) is 0 Å². The van der Waals surface area contributed by atoms with Crippen molar-refractivity contribution in [3.8, 4) is 0 Å². The lowest BCUT2D eigenvalue weighted by Crippen LogP contribution is -2.18. The number of nitrogens with one attached hydrogen (secondary N) is 1. The van der Waals surface area contributed by atoms with Gasteiger partial charge in [0.15, 0.2) is 6.33 Å². The molecule has 1 spiro atoms. The van der Waals surface area contributed by atoms with Crippen LogP contribution in [0.15, 0.2) is 16.9 Å². The molecular formula is C10H13N3O. The summed E-state index contributed by atoms with van der Waals surface area (Å²) in [5, 5.41) is 7.05. The summed E-state index contributed by atoms with van der Waals surface area (Å²) in [6.45, 7) is 2.23. The van der Waals surface area contributed by atoms with E-state index in [0.717, 1.165) is 19.5 Å². The Morgan fingerprint density at radius 3 is 3.14 bits per heavy atom. The van der Waals surface area contributed by atoms with Crippen LogP contribution >= 0.6 is 0 Å². The highest BCUT2D eigenvalue weighted by Crippen LogP contribution is 2.43. The van der Waals surface area contributed by atoms with E-state index in [1.807, 2.05) is 0 Å². The van der Waals surface area contributed by atoms with Crippen LogP contribution in [0.5, 0.6) is 0 Å².